The molecule has 1 aromatic carbocycles. The Morgan fingerprint density at radius 3 is 2.73 bits per heavy atom. The van der Waals surface area contributed by atoms with Crippen molar-refractivity contribution in [2.75, 3.05) is 5.75 Å². The van der Waals surface area contributed by atoms with Gasteiger partial charge < -0.3 is 0 Å². The summed E-state index contributed by atoms with van der Waals surface area (Å²) in [6, 6.07) is 9.39. The number of benzene rings is 1. The summed E-state index contributed by atoms with van der Waals surface area (Å²) in [4.78, 5) is 4.57. The average molecular weight is 336 g/mol. The summed E-state index contributed by atoms with van der Waals surface area (Å²) in [5.74, 6) is 0.710. The molecular weight excluding hydrogens is 316 g/mol. The lowest BCUT2D eigenvalue weighted by Gasteiger charge is -2.12. The van der Waals surface area contributed by atoms with Crippen molar-refractivity contribution in [2.24, 2.45) is 0 Å². The van der Waals surface area contributed by atoms with E-state index in [-0.39, 0.29) is 11.8 Å². The zero-order valence-electron chi connectivity index (χ0n) is 12.5. The Balaban J connectivity index is 1.57. The molecule has 1 atom stereocenters. The van der Waals surface area contributed by atoms with Crippen LogP contribution in [0.15, 0.2) is 35.7 Å². The van der Waals surface area contributed by atoms with Crippen LogP contribution in [-0.2, 0) is 16.4 Å². The molecule has 0 spiro atoms. The highest BCUT2D eigenvalue weighted by Gasteiger charge is 2.27. The van der Waals surface area contributed by atoms with Gasteiger partial charge in [0.15, 0.2) is 0 Å². The number of hydrogen-bond acceptors (Lipinski definition) is 4. The minimum absolute atomic E-state index is 0.0982. The third kappa shape index (κ3) is 4.15. The Hall–Kier alpha value is -1.24. The van der Waals surface area contributed by atoms with Crippen LogP contribution in [0.1, 0.15) is 48.0 Å². The molecule has 4 nitrogen and oxygen atoms in total. The van der Waals surface area contributed by atoms with E-state index in [4.69, 9.17) is 0 Å². The van der Waals surface area contributed by atoms with E-state index >= 15 is 0 Å². The number of nitrogens with one attached hydrogen (secondary N) is 1. The van der Waals surface area contributed by atoms with Crippen LogP contribution in [-0.4, -0.2) is 19.2 Å². The summed E-state index contributed by atoms with van der Waals surface area (Å²) in [6.07, 6.45) is 2.95. The monoisotopic (exact) mass is 336 g/mol. The number of thiazole rings is 1. The van der Waals surface area contributed by atoms with Gasteiger partial charge in [0.05, 0.1) is 22.5 Å². The minimum Gasteiger partial charge on any atom is -0.244 e. The van der Waals surface area contributed by atoms with Crippen LogP contribution in [0.3, 0.4) is 0 Å². The summed E-state index contributed by atoms with van der Waals surface area (Å²) in [7, 11) is -3.31. The van der Waals surface area contributed by atoms with Crippen LogP contribution in [0.25, 0.3) is 0 Å². The Bertz CT molecular complexity index is 722. The van der Waals surface area contributed by atoms with Gasteiger partial charge >= 0.3 is 0 Å². The van der Waals surface area contributed by atoms with Crippen molar-refractivity contribution in [1.82, 2.24) is 9.71 Å². The van der Waals surface area contributed by atoms with E-state index < -0.39 is 10.0 Å². The second kappa shape index (κ2) is 6.48. The largest absolute Gasteiger partial charge is 0.244 e. The molecule has 6 heteroatoms. The number of aryl methyl sites for hydroxylation is 1. The SMILES string of the molecule is C[C@H](NS(=O)(=O)CCc1ccccc1)c1csc(C2CC2)n1. The molecule has 1 heterocycles. The molecule has 0 saturated heterocycles. The predicted octanol–water partition coefficient (Wildman–Crippen LogP) is 3.24. The van der Waals surface area contributed by atoms with E-state index in [1.54, 1.807) is 11.3 Å². The Kier molecular flexibility index (Phi) is 4.61. The number of aromatic nitrogens is 1. The van der Waals surface area contributed by atoms with Crippen molar-refractivity contribution in [3.63, 3.8) is 0 Å². The molecule has 0 amide bonds. The van der Waals surface area contributed by atoms with E-state index in [0.29, 0.717) is 12.3 Å². The van der Waals surface area contributed by atoms with Gasteiger partial charge in [-0.05, 0) is 31.7 Å². The van der Waals surface area contributed by atoms with Crippen LogP contribution in [0.5, 0.6) is 0 Å². The van der Waals surface area contributed by atoms with Crippen LogP contribution in [0, 0.1) is 0 Å². The van der Waals surface area contributed by atoms with Gasteiger partial charge in [0, 0.05) is 11.3 Å². The third-order valence-corrected chi connectivity index (χ3v) is 6.25. The number of sulfonamides is 1. The molecule has 118 valence electrons. The van der Waals surface area contributed by atoms with Crippen molar-refractivity contribution >= 4 is 21.4 Å². The average Bonchev–Trinajstić information content (AvgIpc) is 3.23. The fourth-order valence-corrected chi connectivity index (χ4v) is 4.67. The molecule has 0 bridgehead atoms. The van der Waals surface area contributed by atoms with E-state index in [2.05, 4.69) is 9.71 Å². The van der Waals surface area contributed by atoms with Crippen molar-refractivity contribution < 1.29 is 8.42 Å². The molecule has 1 fully saturated rings. The minimum atomic E-state index is -3.31. The Morgan fingerprint density at radius 2 is 2.05 bits per heavy atom. The maximum Gasteiger partial charge on any atom is 0.212 e. The topological polar surface area (TPSA) is 59.1 Å². The maximum atomic E-state index is 12.2. The summed E-state index contributed by atoms with van der Waals surface area (Å²) < 4.78 is 27.1. The van der Waals surface area contributed by atoms with Gasteiger partial charge in [-0.2, -0.15) is 0 Å². The highest BCUT2D eigenvalue weighted by molar-refractivity contribution is 7.89. The standard InChI is InChI=1S/C16H20N2O2S2/c1-12(15-11-21-16(17-15)14-7-8-14)18-22(19,20)10-9-13-5-3-2-4-6-13/h2-6,11-12,14,18H,7-10H2,1H3/t12-/m0/s1. The molecule has 1 aliphatic carbocycles. The normalized spacial score (nSPS) is 16.6. The van der Waals surface area contributed by atoms with Gasteiger partial charge in [-0.25, -0.2) is 18.1 Å². The van der Waals surface area contributed by atoms with E-state index in [0.717, 1.165) is 16.3 Å². The molecular formula is C16H20N2O2S2. The van der Waals surface area contributed by atoms with Crippen LogP contribution in [0.4, 0.5) is 0 Å². The van der Waals surface area contributed by atoms with E-state index in [9.17, 15) is 8.42 Å². The van der Waals surface area contributed by atoms with Crippen LogP contribution >= 0.6 is 11.3 Å². The molecule has 1 N–H and O–H groups in total. The Morgan fingerprint density at radius 1 is 1.32 bits per heavy atom. The third-order valence-electron chi connectivity index (χ3n) is 3.77. The van der Waals surface area contributed by atoms with Gasteiger partial charge in [-0.1, -0.05) is 30.3 Å². The van der Waals surface area contributed by atoms with E-state index in [1.165, 1.54) is 12.8 Å². The molecule has 2 aromatic rings. The summed E-state index contributed by atoms with van der Waals surface area (Å²) in [5, 5.41) is 3.11. The molecule has 1 aromatic heterocycles. The van der Waals surface area contributed by atoms with Crippen LogP contribution in [0.2, 0.25) is 0 Å². The predicted molar refractivity (Wildman–Crippen MR) is 89.6 cm³/mol. The number of nitrogens with zero attached hydrogens (tertiary/aromatic N) is 1. The summed E-state index contributed by atoms with van der Waals surface area (Å²) in [5.41, 5.74) is 1.86. The smallest absolute Gasteiger partial charge is 0.212 e. The molecule has 1 aliphatic rings. The lowest BCUT2D eigenvalue weighted by atomic mass is 10.2. The van der Waals surface area contributed by atoms with Gasteiger partial charge in [-0.15, -0.1) is 11.3 Å². The second-order valence-corrected chi connectivity index (χ2v) is 8.54. The summed E-state index contributed by atoms with van der Waals surface area (Å²) >= 11 is 1.64. The number of hydrogen-bond donors (Lipinski definition) is 1. The maximum absolute atomic E-state index is 12.2. The van der Waals surface area contributed by atoms with E-state index in [1.807, 2.05) is 42.6 Å². The fourth-order valence-electron chi connectivity index (χ4n) is 2.30. The second-order valence-electron chi connectivity index (χ2n) is 5.78. The highest BCUT2D eigenvalue weighted by Crippen LogP contribution is 2.41. The first-order valence-electron chi connectivity index (χ1n) is 7.53. The van der Waals surface area contributed by atoms with Gasteiger partial charge in [0.25, 0.3) is 0 Å². The Labute approximate surface area is 135 Å². The van der Waals surface area contributed by atoms with Gasteiger partial charge in [-0.3, -0.25) is 0 Å². The van der Waals surface area contributed by atoms with Crippen molar-refractivity contribution in [3.05, 3.63) is 52.0 Å². The van der Waals surface area contributed by atoms with Crippen molar-refractivity contribution in [1.29, 1.82) is 0 Å². The quantitative estimate of drug-likeness (QED) is 0.844. The summed E-state index contributed by atoms with van der Waals surface area (Å²) in [6.45, 7) is 1.85. The molecule has 1 saturated carbocycles. The van der Waals surface area contributed by atoms with Gasteiger partial charge in [0.2, 0.25) is 10.0 Å². The lowest BCUT2D eigenvalue weighted by Crippen LogP contribution is -2.30. The fraction of sp³-hybridized carbons (Fsp3) is 0.438. The van der Waals surface area contributed by atoms with Crippen molar-refractivity contribution in [3.8, 4) is 0 Å². The highest BCUT2D eigenvalue weighted by atomic mass is 32.2. The molecule has 3 rings (SSSR count). The molecule has 0 unspecified atom stereocenters. The molecule has 0 radical (unpaired) electrons. The first-order chi connectivity index (χ1) is 10.5. The zero-order valence-corrected chi connectivity index (χ0v) is 14.2. The van der Waals surface area contributed by atoms with Crippen molar-refractivity contribution in [2.45, 2.75) is 38.1 Å². The lowest BCUT2D eigenvalue weighted by molar-refractivity contribution is 0.563. The number of rotatable bonds is 7. The van der Waals surface area contributed by atoms with Crippen LogP contribution < -0.4 is 4.72 Å². The molecule has 22 heavy (non-hydrogen) atoms. The first-order valence-corrected chi connectivity index (χ1v) is 10.1. The first kappa shape index (κ1) is 15.6. The van der Waals surface area contributed by atoms with Gasteiger partial charge in [0.1, 0.15) is 0 Å². The molecule has 0 aliphatic heterocycles. The zero-order chi connectivity index (χ0) is 15.6.